The molecule has 1 fully saturated rings. The lowest BCUT2D eigenvalue weighted by molar-refractivity contribution is 0.113. The van der Waals surface area contributed by atoms with Crippen molar-refractivity contribution in [2.24, 2.45) is 0 Å². The number of sulfonamides is 1. The van der Waals surface area contributed by atoms with Crippen molar-refractivity contribution in [3.63, 3.8) is 0 Å². The first kappa shape index (κ1) is 19.1. The summed E-state index contributed by atoms with van der Waals surface area (Å²) in [5, 5.41) is 9.80. The number of H-pyrrole nitrogens is 1. The van der Waals surface area contributed by atoms with Crippen LogP contribution in [0.15, 0.2) is 53.7 Å². The lowest BCUT2D eigenvalue weighted by atomic mass is 10.1. The predicted molar refractivity (Wildman–Crippen MR) is 106 cm³/mol. The van der Waals surface area contributed by atoms with E-state index < -0.39 is 16.1 Å². The molecule has 3 aromatic rings. The predicted octanol–water partition coefficient (Wildman–Crippen LogP) is 2.94. The molecule has 0 saturated carbocycles. The number of aromatic nitrogens is 3. The topological polar surface area (TPSA) is 99.2 Å². The number of halogens is 1. The van der Waals surface area contributed by atoms with Crippen molar-refractivity contribution in [1.82, 2.24) is 19.3 Å². The second-order valence-electron chi connectivity index (χ2n) is 6.63. The van der Waals surface area contributed by atoms with Gasteiger partial charge in [0, 0.05) is 31.0 Å². The van der Waals surface area contributed by atoms with E-state index in [2.05, 4.69) is 15.0 Å². The van der Waals surface area contributed by atoms with Gasteiger partial charge in [-0.15, -0.1) is 0 Å². The molecule has 0 amide bonds. The first-order valence-electron chi connectivity index (χ1n) is 8.90. The fourth-order valence-electron chi connectivity index (χ4n) is 3.19. The Morgan fingerprint density at radius 2 is 1.93 bits per heavy atom. The summed E-state index contributed by atoms with van der Waals surface area (Å²) in [6.07, 6.45) is 3.80. The summed E-state index contributed by atoms with van der Waals surface area (Å²) in [5.41, 5.74) is 2.00. The standard InChI is InChI=1S/C19H19ClN4O3S/c20-15-5-4-13(19-22-12-17(23-19)16-3-1-2-8-21-16)11-18(15)28(26,27)24-9-6-14(25)7-10-24/h1-5,8,11-12,14,25H,6-7,9-10H2,(H,22,23). The van der Waals surface area contributed by atoms with Gasteiger partial charge in [0.25, 0.3) is 0 Å². The van der Waals surface area contributed by atoms with E-state index in [1.54, 1.807) is 24.5 Å². The molecule has 2 aromatic heterocycles. The molecule has 4 rings (SSSR count). The number of hydrogen-bond donors (Lipinski definition) is 2. The average Bonchev–Trinajstić information content (AvgIpc) is 3.19. The van der Waals surface area contributed by atoms with Crippen LogP contribution in [-0.4, -0.2) is 52.0 Å². The maximum atomic E-state index is 13.0. The highest BCUT2D eigenvalue weighted by Gasteiger charge is 2.30. The number of piperidine rings is 1. The van der Waals surface area contributed by atoms with Crippen LogP contribution in [-0.2, 0) is 10.0 Å². The largest absolute Gasteiger partial charge is 0.393 e. The van der Waals surface area contributed by atoms with Gasteiger partial charge >= 0.3 is 0 Å². The number of aliphatic hydroxyl groups excluding tert-OH is 1. The van der Waals surface area contributed by atoms with Crippen LogP contribution >= 0.6 is 11.6 Å². The fourth-order valence-corrected chi connectivity index (χ4v) is 5.16. The van der Waals surface area contributed by atoms with Gasteiger partial charge in [0.15, 0.2) is 0 Å². The quantitative estimate of drug-likeness (QED) is 0.678. The van der Waals surface area contributed by atoms with Crippen molar-refractivity contribution < 1.29 is 13.5 Å². The molecule has 0 atom stereocenters. The minimum Gasteiger partial charge on any atom is -0.393 e. The highest BCUT2D eigenvalue weighted by molar-refractivity contribution is 7.89. The third kappa shape index (κ3) is 3.68. The molecule has 0 aliphatic carbocycles. The molecule has 0 radical (unpaired) electrons. The van der Waals surface area contributed by atoms with Crippen LogP contribution in [0.1, 0.15) is 12.8 Å². The first-order chi connectivity index (χ1) is 13.4. The number of hydrogen-bond acceptors (Lipinski definition) is 5. The van der Waals surface area contributed by atoms with Crippen molar-refractivity contribution in [1.29, 1.82) is 0 Å². The van der Waals surface area contributed by atoms with Gasteiger partial charge in [-0.3, -0.25) is 4.98 Å². The molecular formula is C19H19ClN4O3S. The van der Waals surface area contributed by atoms with E-state index in [1.807, 2.05) is 18.2 Å². The SMILES string of the molecule is O=S(=O)(c1cc(-c2nc(-c3ccccn3)c[nH]2)ccc1Cl)N1CCC(O)CC1. The Morgan fingerprint density at radius 1 is 1.14 bits per heavy atom. The second-order valence-corrected chi connectivity index (χ2v) is 8.94. The molecule has 0 bridgehead atoms. The van der Waals surface area contributed by atoms with E-state index in [1.165, 1.54) is 10.4 Å². The molecule has 1 saturated heterocycles. The van der Waals surface area contributed by atoms with Crippen molar-refractivity contribution in [2.45, 2.75) is 23.8 Å². The zero-order valence-electron chi connectivity index (χ0n) is 14.9. The molecule has 9 heteroatoms. The van der Waals surface area contributed by atoms with Crippen LogP contribution in [0.3, 0.4) is 0 Å². The number of imidazole rings is 1. The monoisotopic (exact) mass is 418 g/mol. The molecule has 2 N–H and O–H groups in total. The third-order valence-electron chi connectivity index (χ3n) is 4.75. The first-order valence-corrected chi connectivity index (χ1v) is 10.7. The van der Waals surface area contributed by atoms with Crippen LogP contribution in [0.5, 0.6) is 0 Å². The molecule has 28 heavy (non-hydrogen) atoms. The average molecular weight is 419 g/mol. The number of nitrogens with zero attached hydrogens (tertiary/aromatic N) is 3. The van der Waals surface area contributed by atoms with Gasteiger partial charge in [0.2, 0.25) is 10.0 Å². The maximum absolute atomic E-state index is 13.0. The molecule has 1 aromatic carbocycles. The Balaban J connectivity index is 1.67. The smallest absolute Gasteiger partial charge is 0.244 e. The van der Waals surface area contributed by atoms with E-state index in [0.717, 1.165) is 5.69 Å². The zero-order chi connectivity index (χ0) is 19.7. The molecule has 3 heterocycles. The van der Waals surface area contributed by atoms with Crippen LogP contribution in [0.4, 0.5) is 0 Å². The van der Waals surface area contributed by atoms with Gasteiger partial charge in [-0.05, 0) is 43.2 Å². The van der Waals surface area contributed by atoms with Gasteiger partial charge in [-0.1, -0.05) is 17.7 Å². The van der Waals surface area contributed by atoms with Crippen LogP contribution in [0, 0.1) is 0 Å². The number of nitrogens with one attached hydrogen (secondary N) is 1. The van der Waals surface area contributed by atoms with Crippen molar-refractivity contribution >= 4 is 21.6 Å². The van der Waals surface area contributed by atoms with Gasteiger partial charge < -0.3 is 10.1 Å². The summed E-state index contributed by atoms with van der Waals surface area (Å²) in [6.45, 7) is 0.545. The Hall–Kier alpha value is -2.26. The zero-order valence-corrected chi connectivity index (χ0v) is 16.5. The second kappa shape index (κ2) is 7.63. The molecule has 146 valence electrons. The Labute approximate surface area is 168 Å². The third-order valence-corrected chi connectivity index (χ3v) is 7.13. The highest BCUT2D eigenvalue weighted by Crippen LogP contribution is 2.31. The number of pyridine rings is 1. The molecule has 1 aliphatic heterocycles. The molecular weight excluding hydrogens is 400 g/mol. The molecule has 7 nitrogen and oxygen atoms in total. The van der Waals surface area contributed by atoms with Crippen LogP contribution < -0.4 is 0 Å². The van der Waals surface area contributed by atoms with Gasteiger partial charge in [0.1, 0.15) is 16.4 Å². The molecule has 1 aliphatic rings. The lowest BCUT2D eigenvalue weighted by Gasteiger charge is -2.29. The van der Waals surface area contributed by atoms with Crippen molar-refractivity contribution in [3.8, 4) is 22.8 Å². The Morgan fingerprint density at radius 3 is 2.64 bits per heavy atom. The van der Waals surface area contributed by atoms with E-state index in [9.17, 15) is 13.5 Å². The van der Waals surface area contributed by atoms with E-state index >= 15 is 0 Å². The Bertz CT molecular complexity index is 1080. The van der Waals surface area contributed by atoms with Gasteiger partial charge in [-0.25, -0.2) is 13.4 Å². The highest BCUT2D eigenvalue weighted by atomic mass is 35.5. The summed E-state index contributed by atoms with van der Waals surface area (Å²) < 4.78 is 27.5. The normalized spacial score (nSPS) is 16.4. The van der Waals surface area contributed by atoms with Crippen molar-refractivity contribution in [2.75, 3.05) is 13.1 Å². The van der Waals surface area contributed by atoms with Gasteiger partial charge in [0.05, 0.1) is 16.8 Å². The fraction of sp³-hybridized carbons (Fsp3) is 0.263. The molecule has 0 spiro atoms. The molecule has 0 unspecified atom stereocenters. The summed E-state index contributed by atoms with van der Waals surface area (Å²) >= 11 is 6.22. The number of aliphatic hydroxyl groups is 1. The van der Waals surface area contributed by atoms with E-state index in [0.29, 0.717) is 29.9 Å². The minimum absolute atomic E-state index is 0.0406. The van der Waals surface area contributed by atoms with Crippen molar-refractivity contribution in [3.05, 3.63) is 53.8 Å². The van der Waals surface area contributed by atoms with E-state index in [-0.39, 0.29) is 23.0 Å². The number of benzene rings is 1. The summed E-state index contributed by atoms with van der Waals surface area (Å²) in [7, 11) is -3.76. The minimum atomic E-state index is -3.76. The summed E-state index contributed by atoms with van der Waals surface area (Å²) in [4.78, 5) is 11.9. The number of rotatable bonds is 4. The van der Waals surface area contributed by atoms with Gasteiger partial charge in [-0.2, -0.15) is 4.31 Å². The number of aromatic amines is 1. The van der Waals surface area contributed by atoms with E-state index in [4.69, 9.17) is 11.6 Å². The maximum Gasteiger partial charge on any atom is 0.244 e. The lowest BCUT2D eigenvalue weighted by Crippen LogP contribution is -2.40. The summed E-state index contributed by atoms with van der Waals surface area (Å²) in [6, 6.07) is 10.4. The Kier molecular flexibility index (Phi) is 5.20. The van der Waals surface area contributed by atoms with Crippen LogP contribution in [0.25, 0.3) is 22.8 Å². The summed E-state index contributed by atoms with van der Waals surface area (Å²) in [5.74, 6) is 0.530. The van der Waals surface area contributed by atoms with Crippen LogP contribution in [0.2, 0.25) is 5.02 Å².